The number of hydrogen-bond donors (Lipinski definition) is 1. The smallest absolute Gasteiger partial charge is 0.382 e. The number of rotatable bonds is 3. The van der Waals surface area contributed by atoms with Crippen LogP contribution < -0.4 is 5.32 Å². The third-order valence-corrected chi connectivity index (χ3v) is 1.72. The molecule has 0 amide bonds. The fourth-order valence-corrected chi connectivity index (χ4v) is 1.02. The van der Waals surface area contributed by atoms with Crippen molar-refractivity contribution in [3.63, 3.8) is 0 Å². The number of halogens is 6. The first kappa shape index (κ1) is 12.7. The van der Waals surface area contributed by atoms with Crippen LogP contribution in [0.25, 0.3) is 0 Å². The monoisotopic (exact) mass is 243 g/mol. The Kier molecular flexibility index (Phi) is 3.66. The lowest BCUT2D eigenvalue weighted by Gasteiger charge is -2.10. The van der Waals surface area contributed by atoms with Gasteiger partial charge in [0.25, 0.3) is 0 Å². The molecule has 1 aromatic carbocycles. The van der Waals surface area contributed by atoms with Crippen LogP contribution in [-0.4, -0.2) is 12.7 Å². The van der Waals surface area contributed by atoms with Crippen LogP contribution in [0.3, 0.4) is 0 Å². The molecule has 0 aliphatic heterocycles. The van der Waals surface area contributed by atoms with Gasteiger partial charge in [0.1, 0.15) is 5.82 Å². The van der Waals surface area contributed by atoms with Crippen molar-refractivity contribution in [2.45, 2.75) is 12.6 Å². The molecular weight excluding hydrogens is 236 g/mol. The molecule has 90 valence electrons. The van der Waals surface area contributed by atoms with E-state index in [2.05, 4.69) is 0 Å². The van der Waals surface area contributed by atoms with Crippen LogP contribution in [0, 0.1) is 17.5 Å². The molecule has 0 aliphatic carbocycles. The molecule has 0 saturated carbocycles. The highest BCUT2D eigenvalue weighted by atomic mass is 19.4. The fraction of sp³-hybridized carbons (Fsp3) is 0.333. The van der Waals surface area contributed by atoms with E-state index in [1.165, 1.54) is 0 Å². The Bertz CT molecular complexity index is 373. The summed E-state index contributed by atoms with van der Waals surface area (Å²) in [4.78, 5) is 0. The van der Waals surface area contributed by atoms with Crippen molar-refractivity contribution in [3.8, 4) is 0 Å². The minimum atomic E-state index is -4.41. The first-order valence-electron chi connectivity index (χ1n) is 4.25. The van der Waals surface area contributed by atoms with E-state index in [-0.39, 0.29) is 0 Å². The van der Waals surface area contributed by atoms with Gasteiger partial charge < -0.3 is 5.32 Å². The summed E-state index contributed by atoms with van der Waals surface area (Å²) in [6, 6.07) is 0.902. The lowest BCUT2D eigenvalue weighted by Crippen LogP contribution is -2.15. The van der Waals surface area contributed by atoms with Crippen molar-refractivity contribution in [1.82, 2.24) is 0 Å². The van der Waals surface area contributed by atoms with Crippen LogP contribution in [0.15, 0.2) is 12.1 Å². The number of benzene rings is 1. The first-order chi connectivity index (χ1) is 7.29. The van der Waals surface area contributed by atoms with Crippen LogP contribution in [-0.2, 0) is 0 Å². The van der Waals surface area contributed by atoms with E-state index in [0.29, 0.717) is 12.1 Å². The van der Waals surface area contributed by atoms with Crippen molar-refractivity contribution < 1.29 is 26.3 Å². The summed E-state index contributed by atoms with van der Waals surface area (Å²) in [5.74, 6) is -3.91. The van der Waals surface area contributed by atoms with Gasteiger partial charge in [0, 0.05) is 18.7 Å². The second-order valence-corrected chi connectivity index (χ2v) is 3.04. The molecule has 0 aromatic heterocycles. The van der Waals surface area contributed by atoms with Crippen molar-refractivity contribution in [3.05, 3.63) is 29.6 Å². The van der Waals surface area contributed by atoms with Gasteiger partial charge in [-0.1, -0.05) is 0 Å². The Balaban J connectivity index is 2.67. The van der Waals surface area contributed by atoms with Gasteiger partial charge in [0.15, 0.2) is 11.6 Å². The Morgan fingerprint density at radius 3 is 2.25 bits per heavy atom. The molecule has 0 saturated heterocycles. The minimum absolute atomic E-state index is 0.310. The molecule has 0 bridgehead atoms. The highest BCUT2D eigenvalue weighted by Crippen LogP contribution is 2.22. The first-order valence-corrected chi connectivity index (χ1v) is 4.25. The second-order valence-electron chi connectivity index (χ2n) is 3.04. The topological polar surface area (TPSA) is 12.0 Å². The highest BCUT2D eigenvalue weighted by molar-refractivity contribution is 5.45. The zero-order chi connectivity index (χ0) is 12.3. The van der Waals surface area contributed by atoms with Gasteiger partial charge in [0.2, 0.25) is 0 Å². The molecule has 0 heterocycles. The Hall–Kier alpha value is -1.40. The van der Waals surface area contributed by atoms with E-state index >= 15 is 0 Å². The van der Waals surface area contributed by atoms with Gasteiger partial charge in [-0.05, 0) is 0 Å². The maximum absolute atomic E-state index is 12.9. The molecule has 0 atom stereocenters. The Labute approximate surface area is 87.1 Å². The van der Waals surface area contributed by atoms with Gasteiger partial charge in [-0.25, -0.2) is 13.2 Å². The Morgan fingerprint density at radius 2 is 1.69 bits per heavy atom. The SMILES string of the molecule is Fc1cc(F)c(F)c(NCCC(F)(F)F)c1. The van der Waals surface area contributed by atoms with Gasteiger partial charge in [-0.15, -0.1) is 0 Å². The maximum Gasteiger partial charge on any atom is 0.390 e. The molecule has 0 unspecified atom stereocenters. The van der Waals surface area contributed by atoms with Crippen LogP contribution in [0.2, 0.25) is 0 Å². The van der Waals surface area contributed by atoms with Gasteiger partial charge >= 0.3 is 6.18 Å². The lowest BCUT2D eigenvalue weighted by atomic mass is 10.2. The van der Waals surface area contributed by atoms with Crippen molar-refractivity contribution in [2.75, 3.05) is 11.9 Å². The number of anilines is 1. The molecule has 1 rings (SSSR count). The van der Waals surface area contributed by atoms with Gasteiger partial charge in [-0.2, -0.15) is 13.2 Å². The number of hydrogen-bond acceptors (Lipinski definition) is 1. The maximum atomic E-state index is 12.9. The third-order valence-electron chi connectivity index (χ3n) is 1.72. The predicted octanol–water partition coefficient (Wildman–Crippen LogP) is 3.47. The van der Waals surface area contributed by atoms with E-state index in [1.807, 2.05) is 5.32 Å². The minimum Gasteiger partial charge on any atom is -0.382 e. The molecule has 16 heavy (non-hydrogen) atoms. The quantitative estimate of drug-likeness (QED) is 0.633. The van der Waals surface area contributed by atoms with Crippen molar-refractivity contribution in [1.29, 1.82) is 0 Å². The molecule has 0 spiro atoms. The average Bonchev–Trinajstić information content (AvgIpc) is 2.11. The predicted molar refractivity (Wildman–Crippen MR) is 45.5 cm³/mol. The number of nitrogens with one attached hydrogen (secondary N) is 1. The normalized spacial score (nSPS) is 11.6. The average molecular weight is 243 g/mol. The molecule has 0 fully saturated rings. The summed E-state index contributed by atoms with van der Waals surface area (Å²) in [6.45, 7) is -0.649. The summed E-state index contributed by atoms with van der Waals surface area (Å²) in [5.41, 5.74) is -0.623. The molecular formula is C9H7F6N. The van der Waals surface area contributed by atoms with E-state index in [1.54, 1.807) is 0 Å². The molecule has 7 heteroatoms. The highest BCUT2D eigenvalue weighted by Gasteiger charge is 2.26. The van der Waals surface area contributed by atoms with Crippen LogP contribution in [0.5, 0.6) is 0 Å². The van der Waals surface area contributed by atoms with Crippen LogP contribution in [0.1, 0.15) is 6.42 Å². The van der Waals surface area contributed by atoms with E-state index < -0.39 is 42.3 Å². The molecule has 1 N–H and O–H groups in total. The fourth-order valence-electron chi connectivity index (χ4n) is 1.02. The van der Waals surface area contributed by atoms with Gasteiger partial charge in [-0.3, -0.25) is 0 Å². The zero-order valence-electron chi connectivity index (χ0n) is 7.84. The van der Waals surface area contributed by atoms with E-state index in [0.717, 1.165) is 0 Å². The third kappa shape index (κ3) is 3.63. The van der Waals surface area contributed by atoms with E-state index in [9.17, 15) is 26.3 Å². The van der Waals surface area contributed by atoms with E-state index in [4.69, 9.17) is 0 Å². The standard InChI is InChI=1S/C9H7F6N/c10-5-3-6(11)8(12)7(4-5)16-2-1-9(13,14)15/h3-4,16H,1-2H2. The summed E-state index contributed by atoms with van der Waals surface area (Å²) in [5, 5.41) is 1.98. The Morgan fingerprint density at radius 1 is 1.06 bits per heavy atom. The summed E-state index contributed by atoms with van der Waals surface area (Å²) in [6.07, 6.45) is -5.63. The van der Waals surface area contributed by atoms with Crippen molar-refractivity contribution >= 4 is 5.69 Å². The van der Waals surface area contributed by atoms with Crippen molar-refractivity contribution in [2.24, 2.45) is 0 Å². The van der Waals surface area contributed by atoms with Gasteiger partial charge in [0.05, 0.1) is 12.1 Å². The molecule has 0 aliphatic rings. The lowest BCUT2D eigenvalue weighted by molar-refractivity contribution is -0.131. The second kappa shape index (κ2) is 4.63. The summed E-state index contributed by atoms with van der Waals surface area (Å²) in [7, 11) is 0. The molecule has 1 nitrogen and oxygen atoms in total. The molecule has 0 radical (unpaired) electrons. The largest absolute Gasteiger partial charge is 0.390 e. The van der Waals surface area contributed by atoms with Crippen LogP contribution >= 0.6 is 0 Å². The number of alkyl halides is 3. The summed E-state index contributed by atoms with van der Waals surface area (Å²) < 4.78 is 73.3. The zero-order valence-corrected chi connectivity index (χ0v) is 7.84. The summed E-state index contributed by atoms with van der Waals surface area (Å²) >= 11 is 0. The van der Waals surface area contributed by atoms with Crippen LogP contribution in [0.4, 0.5) is 32.0 Å². The molecule has 1 aromatic rings.